The van der Waals surface area contributed by atoms with Crippen LogP contribution < -0.4 is 5.11 Å². The molecule has 0 amide bonds. The summed E-state index contributed by atoms with van der Waals surface area (Å²) in [6, 6.07) is 0. The Kier molecular flexibility index (Phi) is 5.05. The van der Waals surface area contributed by atoms with Gasteiger partial charge >= 0.3 is 0 Å². The molecule has 1 unspecified atom stereocenters. The van der Waals surface area contributed by atoms with Crippen LogP contribution in [-0.2, 0) is 4.79 Å². The molecule has 2 nitrogen and oxygen atoms in total. The molecule has 0 aromatic heterocycles. The monoisotopic (exact) mass is 293 g/mol. The summed E-state index contributed by atoms with van der Waals surface area (Å²) in [7, 11) is 0. The highest BCUT2D eigenvalue weighted by molar-refractivity contribution is 5.65. The summed E-state index contributed by atoms with van der Waals surface area (Å²) in [4.78, 5) is 11.6. The number of hydrogen-bond acceptors (Lipinski definition) is 2. The summed E-state index contributed by atoms with van der Waals surface area (Å²) in [6.07, 6.45) is 13.8. The molecule has 21 heavy (non-hydrogen) atoms. The molecule has 2 saturated carbocycles. The second-order valence-corrected chi connectivity index (χ2v) is 8.55. The van der Waals surface area contributed by atoms with E-state index in [1.165, 1.54) is 57.8 Å². The zero-order valence-electron chi connectivity index (χ0n) is 14.3. The van der Waals surface area contributed by atoms with Crippen molar-refractivity contribution in [1.29, 1.82) is 0 Å². The Bertz CT molecular complexity index is 364. The zero-order chi connectivity index (χ0) is 15.6. The van der Waals surface area contributed by atoms with Gasteiger partial charge in [-0.15, -0.1) is 0 Å². The first kappa shape index (κ1) is 16.8. The van der Waals surface area contributed by atoms with Crippen LogP contribution in [0.15, 0.2) is 0 Å². The molecule has 0 spiro atoms. The predicted molar refractivity (Wildman–Crippen MR) is 84.7 cm³/mol. The van der Waals surface area contributed by atoms with Gasteiger partial charge in [0, 0.05) is 5.97 Å². The molecule has 2 fully saturated rings. The van der Waals surface area contributed by atoms with Crippen molar-refractivity contribution in [3.8, 4) is 0 Å². The Hall–Kier alpha value is -0.530. The van der Waals surface area contributed by atoms with Crippen molar-refractivity contribution in [2.75, 3.05) is 0 Å². The lowest BCUT2D eigenvalue weighted by Gasteiger charge is -2.58. The second kappa shape index (κ2) is 6.30. The van der Waals surface area contributed by atoms with Gasteiger partial charge < -0.3 is 9.90 Å². The Balaban J connectivity index is 2.45. The minimum absolute atomic E-state index is 0.0837. The fourth-order valence-corrected chi connectivity index (χ4v) is 5.64. The van der Waals surface area contributed by atoms with Crippen molar-refractivity contribution in [3.05, 3.63) is 0 Å². The van der Waals surface area contributed by atoms with Crippen LogP contribution in [0.4, 0.5) is 0 Å². The normalized spacial score (nSPS) is 32.9. The van der Waals surface area contributed by atoms with Crippen molar-refractivity contribution in [3.63, 3.8) is 0 Å². The molecule has 2 rings (SSSR count). The number of hydrogen-bond donors (Lipinski definition) is 0. The largest absolute Gasteiger partial charge is 0.550 e. The molecule has 0 heterocycles. The van der Waals surface area contributed by atoms with Gasteiger partial charge in [-0.05, 0) is 48.3 Å². The Morgan fingerprint density at radius 2 is 1.29 bits per heavy atom. The highest BCUT2D eigenvalue weighted by atomic mass is 16.4. The Morgan fingerprint density at radius 3 is 1.86 bits per heavy atom. The molecule has 0 N–H and O–H groups in total. The Morgan fingerprint density at radius 1 is 0.810 bits per heavy atom. The van der Waals surface area contributed by atoms with E-state index in [-0.39, 0.29) is 22.7 Å². The van der Waals surface area contributed by atoms with Crippen LogP contribution in [0.5, 0.6) is 0 Å². The standard InChI is InChI=1S/C19H34O2/c1-17(2)11-7-6-10-14-19(17,15-16(20)21)18(3)12-8-4-5-9-13-18/h4-15H2,1-3H3,(H,20,21)/p-1. The summed E-state index contributed by atoms with van der Waals surface area (Å²) in [5.74, 6) is -0.838. The van der Waals surface area contributed by atoms with E-state index in [0.717, 1.165) is 12.8 Å². The molecule has 0 saturated heterocycles. The lowest BCUT2D eigenvalue weighted by molar-refractivity contribution is -0.312. The first-order valence-corrected chi connectivity index (χ1v) is 9.03. The molecule has 2 aliphatic rings. The first-order valence-electron chi connectivity index (χ1n) is 9.03. The quantitative estimate of drug-likeness (QED) is 0.721. The molecule has 2 heteroatoms. The van der Waals surface area contributed by atoms with Crippen molar-refractivity contribution < 1.29 is 9.90 Å². The molecular formula is C19H33O2-. The lowest BCUT2D eigenvalue weighted by Crippen LogP contribution is -2.52. The number of rotatable bonds is 3. The maximum absolute atomic E-state index is 11.6. The molecule has 0 aromatic rings. The van der Waals surface area contributed by atoms with Gasteiger partial charge in [0.05, 0.1) is 0 Å². The van der Waals surface area contributed by atoms with Gasteiger partial charge in [-0.25, -0.2) is 0 Å². The molecule has 0 aromatic carbocycles. The number of carboxylic acids is 1. The number of carboxylic acid groups (broad SMARTS) is 1. The third-order valence-electron chi connectivity index (χ3n) is 7.01. The van der Waals surface area contributed by atoms with E-state index in [1.807, 2.05) is 0 Å². The average Bonchev–Trinajstić information content (AvgIpc) is 2.69. The summed E-state index contributed by atoms with van der Waals surface area (Å²) >= 11 is 0. The van der Waals surface area contributed by atoms with E-state index in [0.29, 0.717) is 0 Å². The topological polar surface area (TPSA) is 40.1 Å². The van der Waals surface area contributed by atoms with Crippen LogP contribution in [0.3, 0.4) is 0 Å². The first-order chi connectivity index (χ1) is 9.83. The van der Waals surface area contributed by atoms with Gasteiger partial charge in [0.25, 0.3) is 0 Å². The molecule has 0 aliphatic heterocycles. The molecular weight excluding hydrogens is 260 g/mol. The number of aliphatic carboxylic acids is 1. The maximum Gasteiger partial charge on any atom is 0.0420 e. The van der Waals surface area contributed by atoms with E-state index >= 15 is 0 Å². The summed E-state index contributed by atoms with van der Waals surface area (Å²) in [6.45, 7) is 7.06. The van der Waals surface area contributed by atoms with E-state index in [2.05, 4.69) is 20.8 Å². The minimum Gasteiger partial charge on any atom is -0.550 e. The number of carbonyl (C=O) groups is 1. The van der Waals surface area contributed by atoms with Crippen LogP contribution in [0.1, 0.15) is 97.8 Å². The molecule has 0 bridgehead atoms. The van der Waals surface area contributed by atoms with Crippen LogP contribution in [-0.4, -0.2) is 5.97 Å². The molecule has 0 radical (unpaired) electrons. The highest BCUT2D eigenvalue weighted by Gasteiger charge is 2.55. The van der Waals surface area contributed by atoms with Gasteiger partial charge in [0.2, 0.25) is 0 Å². The predicted octanol–water partition coefficient (Wildman–Crippen LogP) is 4.46. The molecule has 1 atom stereocenters. The van der Waals surface area contributed by atoms with Gasteiger partial charge in [0.15, 0.2) is 0 Å². The van der Waals surface area contributed by atoms with Crippen LogP contribution >= 0.6 is 0 Å². The van der Waals surface area contributed by atoms with Gasteiger partial charge in [-0.2, -0.15) is 0 Å². The van der Waals surface area contributed by atoms with Crippen molar-refractivity contribution in [1.82, 2.24) is 0 Å². The SMILES string of the molecule is CC1(C)CCCCCC1(CC(=O)[O-])C1(C)CCCCCC1. The van der Waals surface area contributed by atoms with Gasteiger partial charge in [-0.3, -0.25) is 0 Å². The fourth-order valence-electron chi connectivity index (χ4n) is 5.64. The van der Waals surface area contributed by atoms with E-state index in [4.69, 9.17) is 0 Å². The minimum atomic E-state index is -0.838. The fraction of sp³-hybridized carbons (Fsp3) is 0.947. The average molecular weight is 293 g/mol. The summed E-state index contributed by atoms with van der Waals surface area (Å²) in [5.41, 5.74) is 0.180. The van der Waals surface area contributed by atoms with E-state index in [9.17, 15) is 9.90 Å². The lowest BCUT2D eigenvalue weighted by atomic mass is 9.47. The third kappa shape index (κ3) is 3.14. The third-order valence-corrected chi connectivity index (χ3v) is 7.01. The van der Waals surface area contributed by atoms with Crippen molar-refractivity contribution in [2.24, 2.45) is 16.2 Å². The van der Waals surface area contributed by atoms with Crippen LogP contribution in [0.2, 0.25) is 0 Å². The molecule has 122 valence electrons. The Labute approximate surface area is 130 Å². The number of carbonyl (C=O) groups excluding carboxylic acids is 1. The second-order valence-electron chi connectivity index (χ2n) is 8.55. The van der Waals surface area contributed by atoms with Crippen molar-refractivity contribution >= 4 is 5.97 Å². The summed E-state index contributed by atoms with van der Waals surface area (Å²) in [5, 5.41) is 11.6. The zero-order valence-corrected chi connectivity index (χ0v) is 14.3. The maximum atomic E-state index is 11.6. The molecule has 2 aliphatic carbocycles. The van der Waals surface area contributed by atoms with Crippen LogP contribution in [0.25, 0.3) is 0 Å². The van der Waals surface area contributed by atoms with E-state index < -0.39 is 5.97 Å². The highest BCUT2D eigenvalue weighted by Crippen LogP contribution is 2.64. The van der Waals surface area contributed by atoms with Crippen LogP contribution in [0, 0.1) is 16.2 Å². The van der Waals surface area contributed by atoms with Crippen molar-refractivity contribution in [2.45, 2.75) is 97.8 Å². The summed E-state index contributed by atoms with van der Waals surface area (Å²) < 4.78 is 0. The smallest absolute Gasteiger partial charge is 0.0420 e. The van der Waals surface area contributed by atoms with Gasteiger partial charge in [0.1, 0.15) is 0 Å². The van der Waals surface area contributed by atoms with E-state index in [1.54, 1.807) is 0 Å². The van der Waals surface area contributed by atoms with Gasteiger partial charge in [-0.1, -0.05) is 65.7 Å².